The Bertz CT molecular complexity index is 695. The lowest BCUT2D eigenvalue weighted by atomic mass is 9.60. The third-order valence-corrected chi connectivity index (χ3v) is 6.60. The third-order valence-electron chi connectivity index (χ3n) is 6.60. The molecule has 0 aliphatic heterocycles. The number of aromatic nitrogens is 2. The van der Waals surface area contributed by atoms with Crippen LogP contribution in [0.2, 0.25) is 5.82 Å². The molecule has 0 amide bonds. The zero-order valence-electron chi connectivity index (χ0n) is 16.8. The van der Waals surface area contributed by atoms with Gasteiger partial charge < -0.3 is 4.42 Å². The van der Waals surface area contributed by atoms with Crippen LogP contribution in [0.5, 0.6) is 0 Å². The zero-order chi connectivity index (χ0) is 18.3. The maximum Gasteiger partial charge on any atom is 0.246 e. The van der Waals surface area contributed by atoms with Gasteiger partial charge in [-0.25, -0.2) is 9.97 Å². The largest absolute Gasteiger partial charge is 0.433 e. The lowest BCUT2D eigenvalue weighted by Crippen LogP contribution is -2.21. The maximum absolute atomic E-state index is 6.08. The number of hydrogen-bond acceptors (Lipinski definition) is 3. The van der Waals surface area contributed by atoms with Crippen molar-refractivity contribution in [2.24, 2.45) is 0 Å². The monoisotopic (exact) mass is 365 g/mol. The molecule has 0 saturated heterocycles. The van der Waals surface area contributed by atoms with Gasteiger partial charge in [0, 0.05) is 11.6 Å². The van der Waals surface area contributed by atoms with Crippen LogP contribution in [0.25, 0.3) is 11.2 Å². The minimum Gasteiger partial charge on any atom is -0.433 e. The van der Waals surface area contributed by atoms with Gasteiger partial charge in [-0.1, -0.05) is 89.3 Å². The van der Waals surface area contributed by atoms with Crippen LogP contribution in [-0.4, -0.2) is 17.2 Å². The van der Waals surface area contributed by atoms with Gasteiger partial charge in [-0.2, -0.15) is 0 Å². The highest BCUT2D eigenvalue weighted by atomic mass is 16.4. The minimum absolute atomic E-state index is 0.593. The summed E-state index contributed by atoms with van der Waals surface area (Å²) >= 11 is 0. The van der Waals surface area contributed by atoms with E-state index in [4.69, 9.17) is 14.4 Å². The molecule has 0 bridgehead atoms. The van der Waals surface area contributed by atoms with Gasteiger partial charge in [-0.3, -0.25) is 0 Å². The van der Waals surface area contributed by atoms with E-state index in [9.17, 15) is 0 Å². The average molecular weight is 365 g/mol. The molecule has 4 heteroatoms. The predicted octanol–water partition coefficient (Wildman–Crippen LogP) is 6.30. The molecular formula is C23H34BN2O. The molecule has 0 aromatic carbocycles. The Morgan fingerprint density at radius 2 is 1.30 bits per heavy atom. The van der Waals surface area contributed by atoms with Crippen molar-refractivity contribution >= 4 is 24.3 Å². The van der Waals surface area contributed by atoms with Gasteiger partial charge in [0.1, 0.15) is 11.3 Å². The predicted molar refractivity (Wildman–Crippen MR) is 113 cm³/mol. The molecule has 1 radical (unpaired) electrons. The van der Waals surface area contributed by atoms with Crippen LogP contribution >= 0.6 is 0 Å². The molecule has 0 unspecified atom stereocenters. The zero-order valence-corrected chi connectivity index (χ0v) is 16.8. The van der Waals surface area contributed by atoms with Crippen molar-refractivity contribution in [1.82, 2.24) is 9.97 Å². The number of pyridine rings is 1. The quantitative estimate of drug-likeness (QED) is 0.599. The maximum atomic E-state index is 6.08. The van der Waals surface area contributed by atoms with E-state index in [1.165, 1.54) is 102 Å². The van der Waals surface area contributed by atoms with Crippen LogP contribution < -0.4 is 5.79 Å². The third kappa shape index (κ3) is 5.36. The molecule has 3 nitrogen and oxygen atoms in total. The fourth-order valence-electron chi connectivity index (χ4n) is 4.93. The molecule has 27 heavy (non-hydrogen) atoms. The summed E-state index contributed by atoms with van der Waals surface area (Å²) in [6.07, 6.45) is 20.2. The van der Waals surface area contributed by atoms with Crippen LogP contribution in [0.4, 0.5) is 0 Å². The highest BCUT2D eigenvalue weighted by Gasteiger charge is 2.20. The number of hydrogen-bond donors (Lipinski definition) is 0. The summed E-state index contributed by atoms with van der Waals surface area (Å²) in [5.74, 6) is 2.00. The van der Waals surface area contributed by atoms with Gasteiger partial charge >= 0.3 is 0 Å². The summed E-state index contributed by atoms with van der Waals surface area (Å²) in [5, 5.41) is 0. The molecule has 2 aliphatic rings. The lowest BCUT2D eigenvalue weighted by molar-refractivity contribution is 0.500. The second-order valence-electron chi connectivity index (χ2n) is 8.78. The Morgan fingerprint density at radius 3 is 1.96 bits per heavy atom. The van der Waals surface area contributed by atoms with E-state index in [2.05, 4.69) is 19.4 Å². The van der Waals surface area contributed by atoms with E-state index in [-0.39, 0.29) is 0 Å². The highest BCUT2D eigenvalue weighted by molar-refractivity contribution is 6.52. The summed E-state index contributed by atoms with van der Waals surface area (Å²) in [7, 11) is 2.27. The molecule has 2 saturated carbocycles. The molecule has 0 N–H and O–H groups in total. The summed E-state index contributed by atoms with van der Waals surface area (Å²) in [6, 6.07) is 4.33. The Kier molecular flexibility index (Phi) is 6.87. The fourth-order valence-corrected chi connectivity index (χ4v) is 4.93. The van der Waals surface area contributed by atoms with Crippen molar-refractivity contribution in [3.05, 3.63) is 17.8 Å². The van der Waals surface area contributed by atoms with Gasteiger partial charge in [0.25, 0.3) is 0 Å². The first-order chi connectivity index (χ1) is 13.4. The number of fused-ring (bicyclic) bond motifs is 1. The summed E-state index contributed by atoms with van der Waals surface area (Å²) < 4.78 is 6.08. The van der Waals surface area contributed by atoms with Gasteiger partial charge in [0.2, 0.25) is 13.0 Å². The minimum atomic E-state index is 0.593. The summed E-state index contributed by atoms with van der Waals surface area (Å²) in [6.45, 7) is 0. The van der Waals surface area contributed by atoms with Gasteiger partial charge in [0.15, 0.2) is 0 Å². The Morgan fingerprint density at radius 1 is 0.704 bits per heavy atom. The first-order valence-electron chi connectivity index (χ1n) is 11.5. The Labute approximate surface area is 165 Å². The van der Waals surface area contributed by atoms with Gasteiger partial charge in [0.05, 0.1) is 0 Å². The van der Waals surface area contributed by atoms with E-state index in [0.29, 0.717) is 11.7 Å². The van der Waals surface area contributed by atoms with Crippen LogP contribution in [-0.2, 0) is 0 Å². The smallest absolute Gasteiger partial charge is 0.246 e. The first-order valence-corrected chi connectivity index (χ1v) is 11.5. The molecule has 145 valence electrons. The number of oxazole rings is 1. The molecule has 2 fully saturated rings. The normalized spacial score (nSPS) is 21.8. The van der Waals surface area contributed by atoms with Crippen LogP contribution in [0, 0.1) is 0 Å². The molecule has 0 atom stereocenters. The average Bonchev–Trinajstić information content (AvgIpc) is 3.10. The van der Waals surface area contributed by atoms with E-state index < -0.39 is 0 Å². The highest BCUT2D eigenvalue weighted by Crippen LogP contribution is 2.30. The van der Waals surface area contributed by atoms with Crippen molar-refractivity contribution in [3.8, 4) is 0 Å². The fraction of sp³-hybridized carbons (Fsp3) is 0.739. The number of rotatable bonds is 3. The van der Waals surface area contributed by atoms with Crippen LogP contribution in [0.15, 0.2) is 16.5 Å². The summed E-state index contributed by atoms with van der Waals surface area (Å²) in [4.78, 5) is 9.61. The van der Waals surface area contributed by atoms with Crippen molar-refractivity contribution < 1.29 is 4.42 Å². The molecular weight excluding hydrogens is 331 g/mol. The van der Waals surface area contributed by atoms with E-state index in [1.54, 1.807) is 0 Å². The van der Waals surface area contributed by atoms with E-state index in [1.807, 2.05) is 0 Å². The van der Waals surface area contributed by atoms with Crippen molar-refractivity contribution in [2.45, 2.75) is 108 Å². The molecule has 2 heterocycles. The van der Waals surface area contributed by atoms with Crippen LogP contribution in [0.1, 0.15) is 108 Å². The van der Waals surface area contributed by atoms with Crippen LogP contribution in [0.3, 0.4) is 0 Å². The molecule has 2 aromatic heterocycles. The topological polar surface area (TPSA) is 38.9 Å². The Balaban J connectivity index is 1.45. The molecule has 0 spiro atoms. The molecule has 4 rings (SSSR count). The van der Waals surface area contributed by atoms with Crippen molar-refractivity contribution in [1.29, 1.82) is 0 Å². The number of nitrogens with zero attached hydrogens (tertiary/aromatic N) is 2. The van der Waals surface area contributed by atoms with Gasteiger partial charge in [-0.05, 0) is 25.0 Å². The standard InChI is InChI=1S/C23H34BN2O/c1-2-5-9-13-18(12-8-4-1)20-16-17-21-22(25-20)27-23(26-21)24-19-14-10-6-3-7-11-15-19/h16-19H,1-15H2. The lowest BCUT2D eigenvalue weighted by Gasteiger charge is -2.16. The second kappa shape index (κ2) is 9.75. The molecule has 2 aromatic rings. The van der Waals surface area contributed by atoms with Gasteiger partial charge in [-0.15, -0.1) is 0 Å². The first kappa shape index (κ1) is 19.0. The SMILES string of the molecule is [B](c1nc2ccc(C3CCCCCCCC3)nc2o1)C1CCCCCCC1. The summed E-state index contributed by atoms with van der Waals surface area (Å²) in [5.41, 5.74) is 2.88. The van der Waals surface area contributed by atoms with Crippen molar-refractivity contribution in [2.75, 3.05) is 0 Å². The van der Waals surface area contributed by atoms with E-state index >= 15 is 0 Å². The van der Waals surface area contributed by atoms with Crippen molar-refractivity contribution in [3.63, 3.8) is 0 Å². The molecule has 2 aliphatic carbocycles. The Hall–Kier alpha value is -1.32. The second-order valence-corrected chi connectivity index (χ2v) is 8.78. The van der Waals surface area contributed by atoms with E-state index in [0.717, 1.165) is 17.0 Å².